The zero-order valence-electron chi connectivity index (χ0n) is 13.0. The smallest absolute Gasteiger partial charge is 0.344 e. The molecule has 1 heterocycles. The number of nitro benzene ring substituents is 1. The molecule has 120 valence electrons. The summed E-state index contributed by atoms with van der Waals surface area (Å²) >= 11 is 0. The molecule has 1 aromatic carbocycles. The van der Waals surface area contributed by atoms with Gasteiger partial charge in [0.25, 0.3) is 5.69 Å². The molecule has 0 N–H and O–H groups in total. The molecule has 1 aliphatic heterocycles. The summed E-state index contributed by atoms with van der Waals surface area (Å²) in [6, 6.07) is 4.57. The lowest BCUT2D eigenvalue weighted by molar-refractivity contribution is -0.385. The Kier molecular flexibility index (Phi) is 4.77. The molecular formula is C15H20N2O5. The molecule has 22 heavy (non-hydrogen) atoms. The second-order valence-corrected chi connectivity index (χ2v) is 5.89. The second kappa shape index (κ2) is 6.41. The predicted molar refractivity (Wildman–Crippen MR) is 79.7 cm³/mol. The molecule has 0 bridgehead atoms. The Labute approximate surface area is 129 Å². The fourth-order valence-corrected chi connectivity index (χ4v) is 2.52. The summed E-state index contributed by atoms with van der Waals surface area (Å²) in [5.74, 6) is -0.699. The average molecular weight is 308 g/mol. The minimum absolute atomic E-state index is 0.0175. The molecule has 0 unspecified atom stereocenters. The van der Waals surface area contributed by atoms with Crippen LogP contribution in [0.4, 0.5) is 5.69 Å². The van der Waals surface area contributed by atoms with E-state index in [1.165, 1.54) is 19.2 Å². The van der Waals surface area contributed by atoms with Gasteiger partial charge >= 0.3 is 5.97 Å². The number of hydrogen-bond donors (Lipinski definition) is 0. The Hall–Kier alpha value is -1.99. The number of nitrogens with zero attached hydrogens (tertiary/aromatic N) is 2. The van der Waals surface area contributed by atoms with Gasteiger partial charge < -0.3 is 9.47 Å². The zero-order valence-corrected chi connectivity index (χ0v) is 13.0. The van der Waals surface area contributed by atoms with Crippen LogP contribution in [0.5, 0.6) is 0 Å². The van der Waals surface area contributed by atoms with E-state index in [-0.39, 0.29) is 16.8 Å². The van der Waals surface area contributed by atoms with Crippen molar-refractivity contribution in [1.82, 2.24) is 4.90 Å². The number of rotatable bonds is 4. The third-order valence-corrected chi connectivity index (χ3v) is 3.85. The van der Waals surface area contributed by atoms with Gasteiger partial charge in [0.2, 0.25) is 0 Å². The van der Waals surface area contributed by atoms with E-state index >= 15 is 0 Å². The molecule has 7 nitrogen and oxygen atoms in total. The summed E-state index contributed by atoms with van der Waals surface area (Å²) < 4.78 is 10.1. The number of carbonyl (C=O) groups is 1. The highest BCUT2D eigenvalue weighted by Crippen LogP contribution is 2.25. The summed E-state index contributed by atoms with van der Waals surface area (Å²) in [5.41, 5.74) is 0.458. The fraction of sp³-hybridized carbons (Fsp3) is 0.533. The van der Waals surface area contributed by atoms with Crippen LogP contribution in [-0.4, -0.2) is 48.2 Å². The maximum absolute atomic E-state index is 11.8. The highest BCUT2D eigenvalue weighted by molar-refractivity contribution is 5.94. The molecule has 0 aromatic heterocycles. The van der Waals surface area contributed by atoms with E-state index in [1.54, 1.807) is 6.07 Å². The van der Waals surface area contributed by atoms with E-state index in [9.17, 15) is 14.9 Å². The largest absolute Gasteiger partial charge is 0.465 e. The van der Waals surface area contributed by atoms with Gasteiger partial charge in [0.1, 0.15) is 5.56 Å². The normalized spacial score (nSPS) is 18.0. The molecule has 1 saturated heterocycles. The molecule has 0 saturated carbocycles. The van der Waals surface area contributed by atoms with Crippen molar-refractivity contribution in [3.63, 3.8) is 0 Å². The molecule has 0 radical (unpaired) electrons. The summed E-state index contributed by atoms with van der Waals surface area (Å²) in [4.78, 5) is 24.4. The maximum atomic E-state index is 11.8. The first-order valence-corrected chi connectivity index (χ1v) is 7.03. The van der Waals surface area contributed by atoms with Crippen molar-refractivity contribution >= 4 is 11.7 Å². The van der Waals surface area contributed by atoms with Crippen LogP contribution in [0.1, 0.15) is 29.8 Å². The molecular weight excluding hydrogens is 288 g/mol. The van der Waals surface area contributed by atoms with Gasteiger partial charge in [0, 0.05) is 24.7 Å². The van der Waals surface area contributed by atoms with Crippen molar-refractivity contribution < 1.29 is 19.2 Å². The first kappa shape index (κ1) is 16.4. The lowest BCUT2D eigenvalue weighted by Crippen LogP contribution is -2.52. The summed E-state index contributed by atoms with van der Waals surface area (Å²) in [6.45, 7) is 6.82. The lowest BCUT2D eigenvalue weighted by Gasteiger charge is -2.42. The number of nitro groups is 1. The molecule has 0 amide bonds. The van der Waals surface area contributed by atoms with Crippen molar-refractivity contribution in [2.45, 2.75) is 25.9 Å². The Bertz CT molecular complexity index is 585. The Morgan fingerprint density at radius 3 is 2.82 bits per heavy atom. The van der Waals surface area contributed by atoms with Crippen molar-refractivity contribution in [1.29, 1.82) is 0 Å². The first-order chi connectivity index (χ1) is 10.3. The second-order valence-electron chi connectivity index (χ2n) is 5.89. The van der Waals surface area contributed by atoms with E-state index in [4.69, 9.17) is 4.74 Å². The van der Waals surface area contributed by atoms with Crippen molar-refractivity contribution in [2.24, 2.45) is 0 Å². The Morgan fingerprint density at radius 2 is 2.23 bits per heavy atom. The van der Waals surface area contributed by atoms with Gasteiger partial charge in [0.05, 0.1) is 25.2 Å². The van der Waals surface area contributed by atoms with Crippen LogP contribution >= 0.6 is 0 Å². The molecule has 0 aliphatic carbocycles. The minimum atomic E-state index is -0.699. The topological polar surface area (TPSA) is 81.9 Å². The average Bonchev–Trinajstić information content (AvgIpc) is 2.48. The van der Waals surface area contributed by atoms with Gasteiger partial charge in [-0.3, -0.25) is 15.0 Å². The molecule has 0 spiro atoms. The third kappa shape index (κ3) is 3.42. The van der Waals surface area contributed by atoms with Crippen LogP contribution in [0.15, 0.2) is 18.2 Å². The minimum Gasteiger partial charge on any atom is -0.465 e. The van der Waals surface area contributed by atoms with Crippen LogP contribution in [0, 0.1) is 10.1 Å². The number of esters is 1. The molecule has 0 atom stereocenters. The number of benzene rings is 1. The fourth-order valence-electron chi connectivity index (χ4n) is 2.52. The van der Waals surface area contributed by atoms with E-state index in [1.807, 2.05) is 0 Å². The van der Waals surface area contributed by atoms with Crippen LogP contribution in [0.3, 0.4) is 0 Å². The number of morpholine rings is 1. The standard InChI is InChI=1S/C15H20N2O5/c1-15(2)10-22-7-6-16(15)9-11-4-5-13(17(19)20)12(8-11)14(18)21-3/h4-5,8H,6-7,9-10H2,1-3H3. The van der Waals surface area contributed by atoms with Crippen molar-refractivity contribution in [3.8, 4) is 0 Å². The highest BCUT2D eigenvalue weighted by atomic mass is 16.6. The van der Waals surface area contributed by atoms with Gasteiger partial charge in [-0.25, -0.2) is 4.79 Å². The van der Waals surface area contributed by atoms with E-state index in [0.29, 0.717) is 19.8 Å². The van der Waals surface area contributed by atoms with Gasteiger partial charge in [-0.05, 0) is 25.5 Å². The molecule has 1 fully saturated rings. The Balaban J connectivity index is 2.28. The van der Waals surface area contributed by atoms with Crippen LogP contribution < -0.4 is 0 Å². The van der Waals surface area contributed by atoms with Gasteiger partial charge in [0.15, 0.2) is 0 Å². The molecule has 1 aliphatic rings. The quantitative estimate of drug-likeness (QED) is 0.480. The SMILES string of the molecule is COC(=O)c1cc(CN2CCOCC2(C)C)ccc1[N+](=O)[O-]. The summed E-state index contributed by atoms with van der Waals surface area (Å²) in [5, 5.41) is 11.0. The van der Waals surface area contributed by atoms with Gasteiger partial charge in [-0.2, -0.15) is 0 Å². The summed E-state index contributed by atoms with van der Waals surface area (Å²) in [6.07, 6.45) is 0. The lowest BCUT2D eigenvalue weighted by atomic mass is 10.0. The predicted octanol–water partition coefficient (Wildman–Crippen LogP) is 1.99. The maximum Gasteiger partial charge on any atom is 0.344 e. The van der Waals surface area contributed by atoms with Crippen LogP contribution in [-0.2, 0) is 16.0 Å². The Morgan fingerprint density at radius 1 is 1.50 bits per heavy atom. The van der Waals surface area contributed by atoms with E-state index < -0.39 is 10.9 Å². The number of hydrogen-bond acceptors (Lipinski definition) is 6. The van der Waals surface area contributed by atoms with Crippen LogP contribution in [0.2, 0.25) is 0 Å². The van der Waals surface area contributed by atoms with E-state index in [0.717, 1.165) is 12.1 Å². The molecule has 2 rings (SSSR count). The molecule has 1 aromatic rings. The van der Waals surface area contributed by atoms with Crippen molar-refractivity contribution in [2.75, 3.05) is 26.9 Å². The third-order valence-electron chi connectivity index (χ3n) is 3.85. The number of ether oxygens (including phenoxy) is 2. The highest BCUT2D eigenvalue weighted by Gasteiger charge is 2.31. The number of carbonyl (C=O) groups excluding carboxylic acids is 1. The summed E-state index contributed by atoms with van der Waals surface area (Å²) in [7, 11) is 1.21. The van der Waals surface area contributed by atoms with Crippen LogP contribution in [0.25, 0.3) is 0 Å². The zero-order chi connectivity index (χ0) is 16.3. The number of methoxy groups -OCH3 is 1. The van der Waals surface area contributed by atoms with E-state index in [2.05, 4.69) is 23.5 Å². The van der Waals surface area contributed by atoms with Gasteiger partial charge in [-0.15, -0.1) is 0 Å². The first-order valence-electron chi connectivity index (χ1n) is 7.03. The molecule has 7 heteroatoms. The van der Waals surface area contributed by atoms with Gasteiger partial charge in [-0.1, -0.05) is 6.07 Å². The van der Waals surface area contributed by atoms with Crippen molar-refractivity contribution in [3.05, 3.63) is 39.4 Å². The monoisotopic (exact) mass is 308 g/mol.